The molecule has 1 amide bonds. The summed E-state index contributed by atoms with van der Waals surface area (Å²) >= 11 is 10.4. The van der Waals surface area contributed by atoms with E-state index in [0.29, 0.717) is 0 Å². The summed E-state index contributed by atoms with van der Waals surface area (Å²) in [6, 6.07) is 13.9. The van der Waals surface area contributed by atoms with Crippen LogP contribution in [-0.2, 0) is 4.79 Å². The second-order valence-electron chi connectivity index (χ2n) is 6.83. The van der Waals surface area contributed by atoms with Gasteiger partial charge >= 0.3 is 0 Å². The molecule has 0 aliphatic carbocycles. The van der Waals surface area contributed by atoms with Gasteiger partial charge in [0.1, 0.15) is 5.01 Å². The number of halogens is 1. The number of benzene rings is 2. The smallest absolute Gasteiger partial charge is 0.231 e. The first-order valence-electron chi connectivity index (χ1n) is 8.02. The fourth-order valence-electron chi connectivity index (χ4n) is 2.23. The third kappa shape index (κ3) is 4.28. The zero-order valence-corrected chi connectivity index (χ0v) is 17.8. The average Bonchev–Trinajstić information content (AvgIpc) is 2.99. The zero-order chi connectivity index (χ0) is 18.9. The molecule has 0 unspecified atom stereocenters. The number of thiazole rings is 1. The van der Waals surface area contributed by atoms with Crippen molar-refractivity contribution in [2.75, 3.05) is 5.32 Å². The Morgan fingerprint density at radius 2 is 1.92 bits per heavy atom. The lowest BCUT2D eigenvalue weighted by Crippen LogP contribution is -2.41. The molecule has 26 heavy (non-hydrogen) atoms. The summed E-state index contributed by atoms with van der Waals surface area (Å²) in [6.07, 6.45) is 0. The summed E-state index contributed by atoms with van der Waals surface area (Å²) in [5.41, 5.74) is 2.17. The van der Waals surface area contributed by atoms with Crippen LogP contribution in [0.15, 0.2) is 46.9 Å². The predicted octanol–water partition coefficient (Wildman–Crippen LogP) is 5.58. The van der Waals surface area contributed by atoms with E-state index >= 15 is 0 Å². The Hall–Kier alpha value is -1.83. The van der Waals surface area contributed by atoms with E-state index < -0.39 is 5.41 Å². The highest BCUT2D eigenvalue weighted by molar-refractivity contribution is 9.10. The topological polar surface area (TPSA) is 54.0 Å². The number of aromatic nitrogens is 1. The number of fused-ring (bicyclic) bond motifs is 1. The molecular formula is C19H18BrN3OS2. The number of carbonyl (C=O) groups is 1. The van der Waals surface area contributed by atoms with E-state index in [1.807, 2.05) is 57.2 Å². The molecule has 0 saturated heterocycles. The molecule has 0 aliphatic rings. The van der Waals surface area contributed by atoms with Gasteiger partial charge in [-0.1, -0.05) is 48.8 Å². The van der Waals surface area contributed by atoms with Crippen LogP contribution in [0, 0.1) is 5.41 Å². The first kappa shape index (κ1) is 18.9. The standard InChI is InChI=1S/C19H18BrN3OS2/c1-19(2,3)17(24)23-18(25)22-13-9-8-11(20)10-12(13)16-21-14-6-4-5-7-15(14)26-16/h4-10H,1-3H3,(H2,22,23,24,25). The highest BCUT2D eigenvalue weighted by atomic mass is 79.9. The lowest BCUT2D eigenvalue weighted by molar-refractivity contribution is -0.126. The van der Waals surface area contributed by atoms with Crippen LogP contribution in [0.3, 0.4) is 0 Å². The molecular weight excluding hydrogens is 430 g/mol. The number of para-hydroxylation sites is 1. The number of nitrogens with one attached hydrogen (secondary N) is 2. The summed E-state index contributed by atoms with van der Waals surface area (Å²) in [5.74, 6) is -0.131. The van der Waals surface area contributed by atoms with Crippen LogP contribution < -0.4 is 10.6 Å². The first-order chi connectivity index (χ1) is 12.2. The Morgan fingerprint density at radius 1 is 1.19 bits per heavy atom. The number of anilines is 1. The highest BCUT2D eigenvalue weighted by Crippen LogP contribution is 2.36. The number of hydrogen-bond acceptors (Lipinski definition) is 4. The molecule has 0 fully saturated rings. The molecule has 4 nitrogen and oxygen atoms in total. The van der Waals surface area contributed by atoms with Crippen molar-refractivity contribution in [3.05, 3.63) is 46.9 Å². The highest BCUT2D eigenvalue weighted by Gasteiger charge is 2.22. The molecule has 2 aromatic carbocycles. The zero-order valence-electron chi connectivity index (χ0n) is 14.6. The number of rotatable bonds is 2. The monoisotopic (exact) mass is 447 g/mol. The average molecular weight is 448 g/mol. The minimum atomic E-state index is -0.513. The molecule has 0 spiro atoms. The Morgan fingerprint density at radius 3 is 2.62 bits per heavy atom. The van der Waals surface area contributed by atoms with E-state index in [1.54, 1.807) is 11.3 Å². The van der Waals surface area contributed by atoms with Crippen molar-refractivity contribution in [2.24, 2.45) is 5.41 Å². The SMILES string of the molecule is CC(C)(C)C(=O)NC(=S)Nc1ccc(Br)cc1-c1nc2ccccc2s1. The first-order valence-corrected chi connectivity index (χ1v) is 10.0. The van der Waals surface area contributed by atoms with E-state index in [9.17, 15) is 4.79 Å². The number of thiocarbonyl (C=S) groups is 1. The second-order valence-corrected chi connectivity index (χ2v) is 9.19. The molecule has 1 heterocycles. The van der Waals surface area contributed by atoms with Gasteiger partial charge in [-0.2, -0.15) is 0 Å². The summed E-state index contributed by atoms with van der Waals surface area (Å²) < 4.78 is 2.07. The number of amides is 1. The molecule has 3 rings (SSSR count). The van der Waals surface area contributed by atoms with Crippen molar-refractivity contribution in [1.29, 1.82) is 0 Å². The van der Waals surface area contributed by atoms with Gasteiger partial charge in [0, 0.05) is 15.5 Å². The van der Waals surface area contributed by atoms with Crippen LogP contribution in [0.4, 0.5) is 5.69 Å². The van der Waals surface area contributed by atoms with Crippen molar-refractivity contribution < 1.29 is 4.79 Å². The second kappa shape index (κ2) is 7.42. The van der Waals surface area contributed by atoms with Gasteiger partial charge in [0.15, 0.2) is 5.11 Å². The fourth-order valence-corrected chi connectivity index (χ4v) is 3.79. The molecule has 3 aromatic rings. The normalized spacial score (nSPS) is 11.4. The van der Waals surface area contributed by atoms with Crippen molar-refractivity contribution in [1.82, 2.24) is 10.3 Å². The summed E-state index contributed by atoms with van der Waals surface area (Å²) in [7, 11) is 0. The van der Waals surface area contributed by atoms with Crippen LogP contribution in [0.1, 0.15) is 20.8 Å². The fraction of sp³-hybridized carbons (Fsp3) is 0.211. The van der Waals surface area contributed by atoms with E-state index in [0.717, 1.165) is 30.9 Å². The van der Waals surface area contributed by atoms with E-state index in [4.69, 9.17) is 17.2 Å². The van der Waals surface area contributed by atoms with Crippen LogP contribution >= 0.6 is 39.5 Å². The number of nitrogens with zero attached hydrogens (tertiary/aromatic N) is 1. The van der Waals surface area contributed by atoms with Gasteiger partial charge in [-0.15, -0.1) is 11.3 Å². The van der Waals surface area contributed by atoms with Crippen molar-refractivity contribution in [2.45, 2.75) is 20.8 Å². The lowest BCUT2D eigenvalue weighted by atomic mass is 9.96. The summed E-state index contributed by atoms with van der Waals surface area (Å²) in [4.78, 5) is 16.9. The molecule has 0 radical (unpaired) electrons. The number of hydrogen-bond donors (Lipinski definition) is 2. The van der Waals surface area contributed by atoms with Crippen LogP contribution in [0.25, 0.3) is 20.8 Å². The maximum Gasteiger partial charge on any atom is 0.231 e. The van der Waals surface area contributed by atoms with Crippen molar-refractivity contribution >= 4 is 66.4 Å². The van der Waals surface area contributed by atoms with Crippen LogP contribution in [0.2, 0.25) is 0 Å². The molecule has 134 valence electrons. The van der Waals surface area contributed by atoms with Gasteiger partial charge in [-0.25, -0.2) is 4.98 Å². The lowest BCUT2D eigenvalue weighted by Gasteiger charge is -2.19. The van der Waals surface area contributed by atoms with Gasteiger partial charge in [0.05, 0.1) is 15.9 Å². The van der Waals surface area contributed by atoms with E-state index in [-0.39, 0.29) is 11.0 Å². The van der Waals surface area contributed by atoms with Gasteiger partial charge in [0.25, 0.3) is 0 Å². The van der Waals surface area contributed by atoms with Gasteiger partial charge in [-0.05, 0) is 42.5 Å². The molecule has 0 bridgehead atoms. The molecule has 0 saturated carbocycles. The van der Waals surface area contributed by atoms with Gasteiger partial charge < -0.3 is 10.6 Å². The van der Waals surface area contributed by atoms with Gasteiger partial charge in [0.2, 0.25) is 5.91 Å². The van der Waals surface area contributed by atoms with Crippen molar-refractivity contribution in [3.8, 4) is 10.6 Å². The molecule has 0 atom stereocenters. The maximum absolute atomic E-state index is 12.1. The minimum Gasteiger partial charge on any atom is -0.332 e. The molecule has 7 heteroatoms. The maximum atomic E-state index is 12.1. The summed E-state index contributed by atoms with van der Waals surface area (Å²) in [5, 5.41) is 7.03. The third-order valence-electron chi connectivity index (χ3n) is 3.66. The van der Waals surface area contributed by atoms with Crippen LogP contribution in [-0.4, -0.2) is 16.0 Å². The Bertz CT molecular complexity index is 959. The van der Waals surface area contributed by atoms with E-state index in [1.165, 1.54) is 0 Å². The van der Waals surface area contributed by atoms with Gasteiger partial charge in [-0.3, -0.25) is 4.79 Å². The quantitative estimate of drug-likeness (QED) is 0.503. The molecule has 0 aliphatic heterocycles. The van der Waals surface area contributed by atoms with Crippen molar-refractivity contribution in [3.63, 3.8) is 0 Å². The summed E-state index contributed by atoms with van der Waals surface area (Å²) in [6.45, 7) is 5.53. The molecule has 1 aromatic heterocycles. The van der Waals surface area contributed by atoms with Crippen LogP contribution in [0.5, 0.6) is 0 Å². The minimum absolute atomic E-state index is 0.131. The number of carbonyl (C=O) groups excluding carboxylic acids is 1. The van der Waals surface area contributed by atoms with E-state index in [2.05, 4.69) is 32.6 Å². The molecule has 2 N–H and O–H groups in total. The largest absolute Gasteiger partial charge is 0.332 e. The Balaban J connectivity index is 1.91. The Labute approximate surface area is 170 Å². The predicted molar refractivity (Wildman–Crippen MR) is 117 cm³/mol. The Kier molecular flexibility index (Phi) is 5.41. The third-order valence-corrected chi connectivity index (χ3v) is 5.43.